The summed E-state index contributed by atoms with van der Waals surface area (Å²) >= 11 is 0. The van der Waals surface area contributed by atoms with Crippen LogP contribution in [0.3, 0.4) is 0 Å². The topological polar surface area (TPSA) is 126 Å². The van der Waals surface area contributed by atoms with Crippen molar-refractivity contribution in [2.75, 3.05) is 25.5 Å². The molecule has 1 unspecified atom stereocenters. The quantitative estimate of drug-likeness (QED) is 0.614. The zero-order valence-electron chi connectivity index (χ0n) is 20.0. The molecular formula is C25H28N6O5. The van der Waals surface area contributed by atoms with E-state index in [9.17, 15) is 19.2 Å². The average molecular weight is 493 g/mol. The first-order valence-corrected chi connectivity index (χ1v) is 12.0. The molecular weight excluding hydrogens is 464 g/mol. The number of hydrogen-bond donors (Lipinski definition) is 2. The number of carbonyl (C=O) groups is 4. The lowest BCUT2D eigenvalue weighted by atomic mass is 10.0. The summed E-state index contributed by atoms with van der Waals surface area (Å²) in [5.41, 5.74) is 2.61. The Balaban J connectivity index is 1.26. The summed E-state index contributed by atoms with van der Waals surface area (Å²) in [5.74, 6) is -1.32. The van der Waals surface area contributed by atoms with Crippen LogP contribution in [0.4, 0.5) is 10.5 Å². The van der Waals surface area contributed by atoms with Gasteiger partial charge < -0.3 is 20.3 Å². The minimum Gasteiger partial charge on any atom is -0.453 e. The Bertz CT molecular complexity index is 1250. The Labute approximate surface area is 208 Å². The molecule has 1 atom stereocenters. The van der Waals surface area contributed by atoms with E-state index in [2.05, 4.69) is 22.3 Å². The van der Waals surface area contributed by atoms with Gasteiger partial charge in [0.1, 0.15) is 6.04 Å². The molecule has 188 valence electrons. The van der Waals surface area contributed by atoms with Crippen LogP contribution in [0.25, 0.3) is 0 Å². The van der Waals surface area contributed by atoms with Crippen LogP contribution in [-0.4, -0.2) is 69.6 Å². The molecule has 11 heteroatoms. The highest BCUT2D eigenvalue weighted by atomic mass is 16.5. The zero-order valence-corrected chi connectivity index (χ0v) is 20.0. The van der Waals surface area contributed by atoms with Gasteiger partial charge in [0.15, 0.2) is 0 Å². The smallest absolute Gasteiger partial charge is 0.409 e. The summed E-state index contributed by atoms with van der Waals surface area (Å²) in [6, 6.07) is 4.42. The number of ether oxygens (including phenoxy) is 1. The van der Waals surface area contributed by atoms with E-state index in [0.29, 0.717) is 43.9 Å². The maximum atomic E-state index is 13.3. The molecule has 3 aliphatic heterocycles. The van der Waals surface area contributed by atoms with Gasteiger partial charge in [-0.2, -0.15) is 5.10 Å². The van der Waals surface area contributed by atoms with Gasteiger partial charge in [-0.1, -0.05) is 12.6 Å². The van der Waals surface area contributed by atoms with Crippen molar-refractivity contribution in [1.82, 2.24) is 24.9 Å². The molecule has 1 aromatic carbocycles. The number of amides is 4. The number of hydrogen-bond acceptors (Lipinski definition) is 7. The van der Waals surface area contributed by atoms with Crippen molar-refractivity contribution < 1.29 is 23.9 Å². The third kappa shape index (κ3) is 4.21. The summed E-state index contributed by atoms with van der Waals surface area (Å²) in [6.07, 6.45) is 5.84. The normalized spacial score (nSPS) is 20.4. The fraction of sp³-hybridized carbons (Fsp3) is 0.400. The third-order valence-electron chi connectivity index (χ3n) is 6.99. The molecule has 0 radical (unpaired) electrons. The summed E-state index contributed by atoms with van der Waals surface area (Å²) in [4.78, 5) is 53.2. The molecule has 11 nitrogen and oxygen atoms in total. The Morgan fingerprint density at radius 1 is 1.19 bits per heavy atom. The molecule has 0 saturated carbocycles. The van der Waals surface area contributed by atoms with E-state index < -0.39 is 17.9 Å². The number of piperidine rings is 2. The number of anilines is 1. The van der Waals surface area contributed by atoms with Gasteiger partial charge in [-0.3, -0.25) is 24.0 Å². The lowest BCUT2D eigenvalue weighted by molar-refractivity contribution is -0.125. The molecule has 2 saturated heterocycles. The van der Waals surface area contributed by atoms with E-state index in [0.717, 1.165) is 23.3 Å². The van der Waals surface area contributed by atoms with E-state index >= 15 is 0 Å². The molecule has 4 amide bonds. The molecule has 2 aromatic rings. The summed E-state index contributed by atoms with van der Waals surface area (Å²) in [6.45, 7) is 5.39. The minimum atomic E-state index is -0.848. The molecule has 4 heterocycles. The van der Waals surface area contributed by atoms with E-state index in [4.69, 9.17) is 4.74 Å². The highest BCUT2D eigenvalue weighted by Crippen LogP contribution is 2.33. The number of allylic oxidation sites excluding steroid dienone is 1. The van der Waals surface area contributed by atoms with Gasteiger partial charge in [0.05, 0.1) is 30.5 Å². The van der Waals surface area contributed by atoms with E-state index in [1.54, 1.807) is 29.3 Å². The first-order valence-electron chi connectivity index (χ1n) is 12.0. The molecule has 5 rings (SSSR count). The van der Waals surface area contributed by atoms with Crippen molar-refractivity contribution in [2.24, 2.45) is 0 Å². The maximum absolute atomic E-state index is 13.3. The van der Waals surface area contributed by atoms with Crippen LogP contribution in [0.1, 0.15) is 58.0 Å². The number of rotatable bonds is 5. The second-order valence-electron chi connectivity index (χ2n) is 9.23. The molecule has 0 bridgehead atoms. The molecule has 36 heavy (non-hydrogen) atoms. The Hall–Kier alpha value is -4.15. The number of nitrogens with zero attached hydrogens (tertiary/aromatic N) is 4. The number of benzene rings is 1. The van der Waals surface area contributed by atoms with Gasteiger partial charge in [0.25, 0.3) is 11.8 Å². The fourth-order valence-electron chi connectivity index (χ4n) is 5.05. The van der Waals surface area contributed by atoms with Crippen LogP contribution >= 0.6 is 0 Å². The monoisotopic (exact) mass is 492 g/mol. The zero-order chi connectivity index (χ0) is 25.4. The van der Waals surface area contributed by atoms with Crippen LogP contribution in [-0.2, 0) is 16.1 Å². The van der Waals surface area contributed by atoms with Gasteiger partial charge in [-0.25, -0.2) is 4.79 Å². The standard InChI is InChI=1S/C25H28N6O5/c1-15-6-7-20(22(32)28-15)31-23(33)18-4-3-5-19(21(18)24(31)34)26-12-16-13-27-30(14-16)17-8-10-29(11-9-17)25(35)36-2/h3-5,13-14,17,20,26H,1,6-12H2,2H3,(H,28,32). The largest absolute Gasteiger partial charge is 0.453 e. The molecule has 0 aliphatic carbocycles. The van der Waals surface area contributed by atoms with Gasteiger partial charge in [0, 0.05) is 42.8 Å². The van der Waals surface area contributed by atoms with Crippen molar-refractivity contribution in [2.45, 2.75) is 44.3 Å². The molecule has 3 aliphatic rings. The Morgan fingerprint density at radius 2 is 1.97 bits per heavy atom. The predicted octanol–water partition coefficient (Wildman–Crippen LogP) is 2.29. The van der Waals surface area contributed by atoms with Crippen molar-refractivity contribution in [3.63, 3.8) is 0 Å². The van der Waals surface area contributed by atoms with Crippen LogP contribution in [0.2, 0.25) is 0 Å². The summed E-state index contributed by atoms with van der Waals surface area (Å²) < 4.78 is 6.70. The van der Waals surface area contributed by atoms with E-state index in [1.165, 1.54) is 7.11 Å². The number of fused-ring (bicyclic) bond motifs is 1. The second-order valence-corrected chi connectivity index (χ2v) is 9.23. The number of nitrogens with one attached hydrogen (secondary N) is 2. The van der Waals surface area contributed by atoms with Gasteiger partial charge >= 0.3 is 6.09 Å². The Kier molecular flexibility index (Phi) is 6.21. The van der Waals surface area contributed by atoms with Crippen LogP contribution in [0.5, 0.6) is 0 Å². The Morgan fingerprint density at radius 3 is 2.69 bits per heavy atom. The lowest BCUT2D eigenvalue weighted by Crippen LogP contribution is -2.51. The molecule has 0 spiro atoms. The van der Waals surface area contributed by atoms with Crippen LogP contribution < -0.4 is 10.6 Å². The van der Waals surface area contributed by atoms with E-state index in [1.807, 2.05) is 10.9 Å². The van der Waals surface area contributed by atoms with Crippen molar-refractivity contribution in [3.8, 4) is 0 Å². The lowest BCUT2D eigenvalue weighted by Gasteiger charge is -2.30. The van der Waals surface area contributed by atoms with E-state index in [-0.39, 0.29) is 29.2 Å². The molecule has 2 N–H and O–H groups in total. The van der Waals surface area contributed by atoms with Crippen molar-refractivity contribution >= 4 is 29.5 Å². The summed E-state index contributed by atoms with van der Waals surface area (Å²) in [5, 5.41) is 10.4. The maximum Gasteiger partial charge on any atom is 0.409 e. The minimum absolute atomic E-state index is 0.186. The number of likely N-dealkylation sites (tertiary alicyclic amines) is 1. The average Bonchev–Trinajstić information content (AvgIpc) is 3.46. The highest BCUT2D eigenvalue weighted by Gasteiger charge is 2.45. The van der Waals surface area contributed by atoms with Crippen molar-refractivity contribution in [3.05, 3.63) is 59.6 Å². The van der Waals surface area contributed by atoms with Crippen LogP contribution in [0, 0.1) is 0 Å². The van der Waals surface area contributed by atoms with Crippen LogP contribution in [0.15, 0.2) is 42.9 Å². The van der Waals surface area contributed by atoms with Gasteiger partial charge in [0.2, 0.25) is 5.91 Å². The summed E-state index contributed by atoms with van der Waals surface area (Å²) in [7, 11) is 1.38. The van der Waals surface area contributed by atoms with Gasteiger partial charge in [-0.05, 0) is 37.8 Å². The number of imide groups is 1. The molecule has 1 aromatic heterocycles. The van der Waals surface area contributed by atoms with Crippen molar-refractivity contribution in [1.29, 1.82) is 0 Å². The highest BCUT2D eigenvalue weighted by molar-refractivity contribution is 6.25. The van der Waals surface area contributed by atoms with Gasteiger partial charge in [-0.15, -0.1) is 0 Å². The third-order valence-corrected chi connectivity index (χ3v) is 6.99. The predicted molar refractivity (Wildman–Crippen MR) is 129 cm³/mol. The first kappa shape index (κ1) is 23.6. The fourth-order valence-corrected chi connectivity index (χ4v) is 5.05. The number of methoxy groups -OCH3 is 1. The first-order chi connectivity index (χ1) is 17.4. The number of carbonyl (C=O) groups excluding carboxylic acids is 4. The SMILES string of the molecule is C=C1CCC(N2C(=O)c3cccc(NCc4cnn(C5CCN(C(=O)OC)CC5)c4)c3C2=O)C(=O)N1. The second kappa shape index (κ2) is 9.48. The molecule has 2 fully saturated rings. The number of aromatic nitrogens is 2.